The minimum Gasteiger partial charge on any atom is -0.385 e. The van der Waals surface area contributed by atoms with Gasteiger partial charge in [0.1, 0.15) is 28.8 Å². The second-order valence-electron chi connectivity index (χ2n) is 11.8. The Hall–Kier alpha value is -3.19. The van der Waals surface area contributed by atoms with Gasteiger partial charge in [-0.1, -0.05) is 6.92 Å². The summed E-state index contributed by atoms with van der Waals surface area (Å²) in [5.41, 5.74) is 4.65. The number of ketones is 1. The van der Waals surface area contributed by atoms with Gasteiger partial charge >= 0.3 is 0 Å². The van der Waals surface area contributed by atoms with E-state index in [1.54, 1.807) is 12.3 Å². The number of nitrogens with zero attached hydrogens (tertiary/aromatic N) is 2. The number of hydrogen-bond acceptors (Lipinski definition) is 8. The lowest BCUT2D eigenvalue weighted by Crippen LogP contribution is -2.48. The Morgan fingerprint density at radius 3 is 2.40 bits per heavy atom. The zero-order chi connectivity index (χ0) is 31.1. The fourth-order valence-corrected chi connectivity index (χ4v) is 8.34. The maximum Gasteiger partial charge on any atom is 0.185 e. The van der Waals surface area contributed by atoms with Gasteiger partial charge in [0.2, 0.25) is 0 Å². The van der Waals surface area contributed by atoms with E-state index in [4.69, 9.17) is 10.5 Å². The third-order valence-corrected chi connectivity index (χ3v) is 10.5. The van der Waals surface area contributed by atoms with Crippen LogP contribution < -0.4 is 5.73 Å². The van der Waals surface area contributed by atoms with Crippen molar-refractivity contribution in [2.24, 2.45) is 11.7 Å². The SMILES string of the molecule is C[C@H]1C[C@@H](c2ccncc2CC(=O)c2ccc(F)c(-c3c(F)cc(C4(O)CCOCC4)cc3F)n2)C[C@@H](N)[C@H]1S(C)(=O)=O. The van der Waals surface area contributed by atoms with Crippen molar-refractivity contribution in [1.29, 1.82) is 0 Å². The molecule has 43 heavy (non-hydrogen) atoms. The van der Waals surface area contributed by atoms with Crippen molar-refractivity contribution >= 4 is 15.6 Å². The average Bonchev–Trinajstić information content (AvgIpc) is 2.93. The molecule has 3 aromatic rings. The second kappa shape index (κ2) is 12.1. The Bertz CT molecular complexity index is 1610. The molecule has 0 spiro atoms. The van der Waals surface area contributed by atoms with Gasteiger partial charge in [-0.3, -0.25) is 9.78 Å². The van der Waals surface area contributed by atoms with Crippen molar-refractivity contribution in [3.63, 3.8) is 0 Å². The third kappa shape index (κ3) is 6.38. The Labute approximate surface area is 248 Å². The van der Waals surface area contributed by atoms with Crippen molar-refractivity contribution in [1.82, 2.24) is 9.97 Å². The van der Waals surface area contributed by atoms with Crippen LogP contribution in [-0.2, 0) is 26.6 Å². The topological polar surface area (TPSA) is 132 Å². The zero-order valence-electron chi connectivity index (χ0n) is 23.9. The highest BCUT2D eigenvalue weighted by molar-refractivity contribution is 7.91. The van der Waals surface area contributed by atoms with E-state index in [0.717, 1.165) is 29.8 Å². The smallest absolute Gasteiger partial charge is 0.185 e. The minimum absolute atomic E-state index is 0.0194. The summed E-state index contributed by atoms with van der Waals surface area (Å²) in [5.74, 6) is -4.08. The first-order chi connectivity index (χ1) is 20.3. The Morgan fingerprint density at radius 1 is 1.09 bits per heavy atom. The summed E-state index contributed by atoms with van der Waals surface area (Å²) in [7, 11) is -3.34. The molecule has 1 aromatic carbocycles. The highest BCUT2D eigenvalue weighted by Crippen LogP contribution is 2.40. The molecule has 12 heteroatoms. The van der Waals surface area contributed by atoms with E-state index < -0.39 is 61.2 Å². The Kier molecular flexibility index (Phi) is 8.77. The van der Waals surface area contributed by atoms with Crippen LogP contribution in [0.3, 0.4) is 0 Å². The fourth-order valence-electron chi connectivity index (χ4n) is 6.64. The molecule has 2 aliphatic rings. The number of aromatic nitrogens is 2. The van der Waals surface area contributed by atoms with Gasteiger partial charge in [-0.25, -0.2) is 26.6 Å². The number of benzene rings is 1. The third-order valence-electron chi connectivity index (χ3n) is 8.69. The fraction of sp³-hybridized carbons (Fsp3) is 0.452. The number of rotatable bonds is 7. The standard InChI is InChI=1S/C31H34F3N3O5S/c1-17-11-18(12-25(35)30(17)43(2,40)41)21-5-8-36-16-19(21)13-27(38)26-4-3-22(32)29(37-26)28-23(33)14-20(15-24(28)34)31(39)6-9-42-10-7-31/h3-5,8,14-18,25,30,39H,6-7,9-13,35H2,1-2H3/t17-,18+,25+,30-/m0/s1. The number of hydrogen-bond donors (Lipinski definition) is 2. The van der Waals surface area contributed by atoms with Gasteiger partial charge in [-0.05, 0) is 71.7 Å². The minimum atomic E-state index is -3.34. The normalized spacial score (nSPS) is 24.1. The van der Waals surface area contributed by atoms with Gasteiger partial charge in [0.05, 0.1) is 16.4 Å². The molecule has 4 atom stereocenters. The average molecular weight is 618 g/mol. The van der Waals surface area contributed by atoms with E-state index in [-0.39, 0.29) is 55.6 Å². The van der Waals surface area contributed by atoms with Crippen molar-refractivity contribution < 1.29 is 36.2 Å². The van der Waals surface area contributed by atoms with Crippen LogP contribution in [0.25, 0.3) is 11.3 Å². The molecule has 1 saturated carbocycles. The summed E-state index contributed by atoms with van der Waals surface area (Å²) >= 11 is 0. The van der Waals surface area contributed by atoms with E-state index in [9.17, 15) is 22.7 Å². The summed E-state index contributed by atoms with van der Waals surface area (Å²) in [6, 6.07) is 5.21. The number of sulfone groups is 1. The first kappa shape index (κ1) is 31.2. The van der Waals surface area contributed by atoms with Crippen molar-refractivity contribution in [2.75, 3.05) is 19.5 Å². The molecule has 2 aromatic heterocycles. The van der Waals surface area contributed by atoms with Crippen LogP contribution in [0.15, 0.2) is 42.7 Å². The number of Topliss-reactive ketones (excluding diaryl/α,β-unsaturated/α-hetero) is 1. The number of pyridine rings is 2. The molecule has 0 amide bonds. The summed E-state index contributed by atoms with van der Waals surface area (Å²) in [6.07, 6.45) is 5.41. The molecule has 3 heterocycles. The van der Waals surface area contributed by atoms with Crippen LogP contribution in [0.5, 0.6) is 0 Å². The molecule has 5 rings (SSSR count). The molecule has 1 aliphatic carbocycles. The molecule has 3 N–H and O–H groups in total. The van der Waals surface area contributed by atoms with E-state index in [1.807, 2.05) is 6.92 Å². The molecule has 230 valence electrons. The second-order valence-corrected chi connectivity index (χ2v) is 14.0. The van der Waals surface area contributed by atoms with Gasteiger partial charge in [0.25, 0.3) is 0 Å². The summed E-state index contributed by atoms with van der Waals surface area (Å²) in [4.78, 5) is 21.6. The number of halogens is 3. The van der Waals surface area contributed by atoms with Crippen LogP contribution in [0, 0.1) is 23.4 Å². The van der Waals surface area contributed by atoms with Gasteiger partial charge < -0.3 is 15.6 Å². The predicted octanol–water partition coefficient (Wildman–Crippen LogP) is 4.24. The monoisotopic (exact) mass is 617 g/mol. The lowest BCUT2D eigenvalue weighted by atomic mass is 9.75. The van der Waals surface area contributed by atoms with E-state index in [0.29, 0.717) is 18.4 Å². The highest BCUT2D eigenvalue weighted by Gasteiger charge is 2.40. The van der Waals surface area contributed by atoms with Gasteiger partial charge in [-0.15, -0.1) is 0 Å². The number of aliphatic hydroxyl groups is 1. The molecular weight excluding hydrogens is 583 g/mol. The van der Waals surface area contributed by atoms with E-state index >= 15 is 8.78 Å². The lowest BCUT2D eigenvalue weighted by molar-refractivity contribution is -0.0682. The molecule has 1 saturated heterocycles. The van der Waals surface area contributed by atoms with E-state index in [2.05, 4.69) is 9.97 Å². The van der Waals surface area contributed by atoms with E-state index in [1.165, 1.54) is 12.5 Å². The molecule has 2 fully saturated rings. The maximum atomic E-state index is 15.3. The van der Waals surface area contributed by atoms with Crippen LogP contribution in [0.1, 0.15) is 65.7 Å². The predicted molar refractivity (Wildman–Crippen MR) is 154 cm³/mol. The number of ether oxygens (including phenoxy) is 1. The Morgan fingerprint density at radius 2 is 1.77 bits per heavy atom. The van der Waals surface area contributed by atoms with Crippen LogP contribution in [-0.4, -0.2) is 60.0 Å². The molecule has 0 bridgehead atoms. The van der Waals surface area contributed by atoms with Gasteiger partial charge in [-0.2, -0.15) is 0 Å². The molecule has 0 radical (unpaired) electrons. The zero-order valence-corrected chi connectivity index (χ0v) is 24.7. The van der Waals surface area contributed by atoms with Crippen LogP contribution in [0.2, 0.25) is 0 Å². The lowest BCUT2D eigenvalue weighted by Gasteiger charge is -2.38. The highest BCUT2D eigenvalue weighted by atomic mass is 32.2. The van der Waals surface area contributed by atoms with Crippen LogP contribution >= 0.6 is 0 Å². The maximum absolute atomic E-state index is 15.3. The summed E-state index contributed by atoms with van der Waals surface area (Å²) in [6.45, 7) is 2.31. The number of carbonyl (C=O) groups is 1. The molecule has 0 unspecified atom stereocenters. The largest absolute Gasteiger partial charge is 0.385 e. The quantitative estimate of drug-likeness (QED) is 0.377. The van der Waals surface area contributed by atoms with Crippen molar-refractivity contribution in [2.45, 2.75) is 61.8 Å². The first-order valence-electron chi connectivity index (χ1n) is 14.2. The Balaban J connectivity index is 1.41. The van der Waals surface area contributed by atoms with Gasteiger partial charge in [0.15, 0.2) is 15.6 Å². The summed E-state index contributed by atoms with van der Waals surface area (Å²) in [5, 5.41) is 10.2. The van der Waals surface area contributed by atoms with Gasteiger partial charge in [0, 0.05) is 57.2 Å². The number of carbonyl (C=O) groups excluding carboxylic acids is 1. The van der Waals surface area contributed by atoms with Crippen LogP contribution in [0.4, 0.5) is 13.2 Å². The molecule has 1 aliphatic heterocycles. The molecule has 8 nitrogen and oxygen atoms in total. The van der Waals surface area contributed by atoms with Crippen molar-refractivity contribution in [3.05, 3.63) is 82.6 Å². The summed E-state index contributed by atoms with van der Waals surface area (Å²) < 4.78 is 75.2. The molecular formula is C31H34F3N3O5S. The number of nitrogens with two attached hydrogens (primary N) is 1. The first-order valence-corrected chi connectivity index (χ1v) is 16.1. The van der Waals surface area contributed by atoms with Crippen molar-refractivity contribution in [3.8, 4) is 11.3 Å².